The first kappa shape index (κ1) is 15.1. The predicted molar refractivity (Wildman–Crippen MR) is 79.7 cm³/mol. The number of hydrogen-bond donors (Lipinski definition) is 2. The largest absolute Gasteiger partial charge is 0.491 e. The van der Waals surface area contributed by atoms with Crippen molar-refractivity contribution in [3.63, 3.8) is 0 Å². The van der Waals surface area contributed by atoms with Crippen molar-refractivity contribution in [3.8, 4) is 5.75 Å². The van der Waals surface area contributed by atoms with Crippen LogP contribution >= 0.6 is 0 Å². The molecule has 0 aliphatic carbocycles. The molecule has 2 N–H and O–H groups in total. The molecule has 2 aromatic rings. The molecule has 0 saturated carbocycles. The van der Waals surface area contributed by atoms with Gasteiger partial charge in [-0.05, 0) is 12.1 Å². The van der Waals surface area contributed by atoms with E-state index in [1.807, 2.05) is 6.07 Å². The van der Waals surface area contributed by atoms with Crippen LogP contribution in [-0.4, -0.2) is 23.1 Å². The van der Waals surface area contributed by atoms with Crippen LogP contribution in [0, 0.1) is 5.39 Å². The van der Waals surface area contributed by atoms with Crippen molar-refractivity contribution in [1.82, 2.24) is 9.99 Å². The summed E-state index contributed by atoms with van der Waals surface area (Å²) in [4.78, 5) is 26.4. The fourth-order valence-corrected chi connectivity index (χ4v) is 1.77. The van der Waals surface area contributed by atoms with Gasteiger partial charge in [0.05, 0.1) is 12.1 Å². The number of aromatic nitrogens is 1. The Hall–Kier alpha value is -3.34. The van der Waals surface area contributed by atoms with E-state index in [2.05, 4.69) is 15.4 Å². The Morgan fingerprint density at radius 1 is 1.41 bits per heavy atom. The van der Waals surface area contributed by atoms with Gasteiger partial charge in [-0.15, -0.1) is 0 Å². The molecule has 1 aromatic carbocycles. The van der Waals surface area contributed by atoms with Gasteiger partial charge in [0.1, 0.15) is 6.54 Å². The van der Waals surface area contributed by atoms with Crippen LogP contribution < -0.4 is 15.5 Å². The number of H-pyrrole nitrogens is 1. The van der Waals surface area contributed by atoms with E-state index in [9.17, 15) is 9.59 Å². The number of aromatic amines is 1. The molecule has 112 valence electrons. The average Bonchev–Trinajstić information content (AvgIpc) is 2.53. The number of amides is 2. The summed E-state index contributed by atoms with van der Waals surface area (Å²) in [7, 11) is 1.38. The smallest absolute Gasteiger partial charge is 0.395 e. The fourth-order valence-electron chi connectivity index (χ4n) is 1.77. The Morgan fingerprint density at radius 2 is 2.14 bits per heavy atom. The number of diazo groups is 1. The number of anilines is 1. The van der Waals surface area contributed by atoms with E-state index in [0.29, 0.717) is 11.4 Å². The molecule has 8 heteroatoms. The van der Waals surface area contributed by atoms with E-state index in [0.717, 1.165) is 5.01 Å². The van der Waals surface area contributed by atoms with Crippen LogP contribution in [0.5, 0.6) is 5.75 Å². The third-order valence-electron chi connectivity index (χ3n) is 2.84. The molecule has 22 heavy (non-hydrogen) atoms. The van der Waals surface area contributed by atoms with Crippen molar-refractivity contribution in [1.29, 1.82) is 5.39 Å². The summed E-state index contributed by atoms with van der Waals surface area (Å²) in [5, 5.41) is 15.2. The fraction of sp³-hybridized carbons (Fsp3) is 0.143. The van der Waals surface area contributed by atoms with Crippen LogP contribution in [0.15, 0.2) is 47.4 Å². The number of carbonyl (C=O) groups excluding carboxylic acids is 1. The number of carbonyl (C=O) groups is 1. The lowest BCUT2D eigenvalue weighted by molar-refractivity contribution is 0.225. The number of hydrogen-bond acceptors (Lipinski definition) is 4. The van der Waals surface area contributed by atoms with Crippen LogP contribution in [0.4, 0.5) is 10.5 Å². The molecule has 2 amide bonds. The minimum Gasteiger partial charge on any atom is -0.491 e. The lowest BCUT2D eigenvalue weighted by atomic mass is 10.3. The van der Waals surface area contributed by atoms with Gasteiger partial charge in [0.2, 0.25) is 5.43 Å². The van der Waals surface area contributed by atoms with Gasteiger partial charge in [0, 0.05) is 23.6 Å². The number of nitrogens with zero attached hydrogens (tertiary/aromatic N) is 3. The van der Waals surface area contributed by atoms with Gasteiger partial charge < -0.3 is 15.0 Å². The van der Waals surface area contributed by atoms with Gasteiger partial charge in [-0.2, -0.15) is 0 Å². The topological polar surface area (TPSA) is 103 Å². The number of methoxy groups -OCH3 is 1. The van der Waals surface area contributed by atoms with Gasteiger partial charge in [-0.1, -0.05) is 18.2 Å². The number of benzene rings is 1. The number of ether oxygens (including phenoxy) is 1. The van der Waals surface area contributed by atoms with Crippen LogP contribution in [0.3, 0.4) is 0 Å². The molecule has 0 bridgehead atoms. The highest BCUT2D eigenvalue weighted by molar-refractivity contribution is 5.89. The first-order valence-corrected chi connectivity index (χ1v) is 6.38. The van der Waals surface area contributed by atoms with Crippen LogP contribution in [0.25, 0.3) is 5.08 Å². The molecule has 0 aliphatic heterocycles. The van der Waals surface area contributed by atoms with E-state index >= 15 is 0 Å². The molecule has 0 radical (unpaired) electrons. The van der Waals surface area contributed by atoms with E-state index in [1.54, 1.807) is 24.3 Å². The second-order valence-corrected chi connectivity index (χ2v) is 4.33. The first-order valence-electron chi connectivity index (χ1n) is 6.38. The summed E-state index contributed by atoms with van der Waals surface area (Å²) in [5.74, 6) is 0.157. The van der Waals surface area contributed by atoms with Gasteiger partial charge in [-0.3, -0.25) is 4.79 Å². The Kier molecular flexibility index (Phi) is 4.72. The van der Waals surface area contributed by atoms with Crippen LogP contribution in [0.2, 0.25) is 0 Å². The van der Waals surface area contributed by atoms with Gasteiger partial charge >= 0.3 is 11.1 Å². The van der Waals surface area contributed by atoms with Gasteiger partial charge in [-0.25, -0.2) is 4.79 Å². The predicted octanol–water partition coefficient (Wildman–Crippen LogP) is 2.19. The molecular formula is C14H14N5O3+. The maximum Gasteiger partial charge on any atom is 0.395 e. The highest BCUT2D eigenvalue weighted by Crippen LogP contribution is 2.09. The summed E-state index contributed by atoms with van der Waals surface area (Å²) < 4.78 is 4.85. The maximum absolute atomic E-state index is 12.0. The molecular weight excluding hydrogens is 286 g/mol. The lowest BCUT2D eigenvalue weighted by Gasteiger charge is -2.06. The summed E-state index contributed by atoms with van der Waals surface area (Å²) >= 11 is 0. The third-order valence-corrected chi connectivity index (χ3v) is 2.84. The number of para-hydroxylation sites is 1. The minimum atomic E-state index is -0.634. The monoisotopic (exact) mass is 300 g/mol. The minimum absolute atomic E-state index is 0.103. The summed E-state index contributed by atoms with van der Waals surface area (Å²) in [6.45, 7) is -0.103. The molecule has 0 spiro atoms. The molecule has 8 nitrogen and oxygen atoms in total. The number of nitrogens with one attached hydrogen (secondary N) is 2. The highest BCUT2D eigenvalue weighted by atomic mass is 16.5. The summed E-state index contributed by atoms with van der Waals surface area (Å²) in [6.07, 6.45) is 1.38. The molecule has 1 aromatic heterocycles. The molecule has 0 unspecified atom stereocenters. The van der Waals surface area contributed by atoms with Crippen LogP contribution in [-0.2, 0) is 6.54 Å². The molecule has 2 rings (SSSR count). The van der Waals surface area contributed by atoms with Crippen molar-refractivity contribution < 1.29 is 9.53 Å². The lowest BCUT2D eigenvalue weighted by Crippen LogP contribution is -2.29. The van der Waals surface area contributed by atoms with Crippen molar-refractivity contribution in [2.45, 2.75) is 6.54 Å². The van der Waals surface area contributed by atoms with Gasteiger partial charge in [0.25, 0.3) is 5.39 Å². The van der Waals surface area contributed by atoms with E-state index < -0.39 is 6.03 Å². The molecule has 0 saturated heterocycles. The number of rotatable bonds is 4. The number of pyridine rings is 1. The summed E-state index contributed by atoms with van der Waals surface area (Å²) in [5.41, 5.74) is 0.619. The number of urea groups is 1. The average molecular weight is 300 g/mol. The molecule has 1 heterocycles. The van der Waals surface area contributed by atoms with E-state index in [1.165, 1.54) is 19.4 Å². The Bertz CT molecular complexity index is 751. The normalized spacial score (nSPS) is 9.64. The zero-order chi connectivity index (χ0) is 15.9. The Morgan fingerprint density at radius 3 is 2.73 bits per heavy atom. The van der Waals surface area contributed by atoms with Crippen molar-refractivity contribution in [2.24, 2.45) is 0 Å². The molecule has 0 atom stereocenters. The molecule has 0 aliphatic rings. The second kappa shape index (κ2) is 6.90. The quantitative estimate of drug-likeness (QED) is 0.667. The van der Waals surface area contributed by atoms with E-state index in [-0.39, 0.29) is 17.7 Å². The maximum atomic E-state index is 12.0. The van der Waals surface area contributed by atoms with E-state index in [4.69, 9.17) is 10.1 Å². The third kappa shape index (κ3) is 3.61. The molecule has 0 fully saturated rings. The Labute approximate surface area is 125 Å². The zero-order valence-corrected chi connectivity index (χ0v) is 11.8. The van der Waals surface area contributed by atoms with Crippen molar-refractivity contribution in [3.05, 3.63) is 63.6 Å². The highest BCUT2D eigenvalue weighted by Gasteiger charge is 2.25. The summed E-state index contributed by atoms with van der Waals surface area (Å²) in [6, 6.07) is 9.36. The van der Waals surface area contributed by atoms with Gasteiger partial charge in [0.15, 0.2) is 5.75 Å². The zero-order valence-electron chi connectivity index (χ0n) is 11.8. The van der Waals surface area contributed by atoms with Crippen molar-refractivity contribution >= 4 is 11.7 Å². The van der Waals surface area contributed by atoms with Crippen molar-refractivity contribution in [2.75, 3.05) is 12.4 Å². The second-order valence-electron chi connectivity index (χ2n) is 4.33. The standard InChI is InChI=1S/C14H13N5O3/c1-22-13-8-16-11(7-12(13)20)9-19(18-15)14(21)17-10-5-3-2-4-6-10/h2-8H,9H2,1H3,(H-,16,17,20,21)/p+1. The Balaban J connectivity index is 2.09. The SMILES string of the molecule is COc1c[nH]c(CN([N+]#N)C(=O)Nc2ccccc2)cc1=O. The first-order chi connectivity index (χ1) is 10.6. The van der Waals surface area contributed by atoms with Crippen LogP contribution in [0.1, 0.15) is 5.69 Å².